The number of fused-ring (bicyclic) bond motifs is 4. The van der Waals surface area contributed by atoms with E-state index >= 15 is 0 Å². The second kappa shape index (κ2) is 7.39. The predicted molar refractivity (Wildman–Crippen MR) is 136 cm³/mol. The van der Waals surface area contributed by atoms with Crippen LogP contribution in [0.2, 0.25) is 0 Å². The topological polar surface area (TPSA) is 18.5 Å². The van der Waals surface area contributed by atoms with Crippen molar-refractivity contribution in [3.8, 4) is 0 Å². The number of hydrogen-bond donors (Lipinski definition) is 0. The van der Waals surface area contributed by atoms with Crippen LogP contribution in [0.4, 0.5) is 0 Å². The van der Waals surface area contributed by atoms with Crippen LogP contribution in [0.5, 0.6) is 0 Å². The molecule has 7 rings (SSSR count). The van der Waals surface area contributed by atoms with Gasteiger partial charge < -0.3 is 9.47 Å². The molecule has 0 amide bonds. The molecule has 0 fully saturated rings. The van der Waals surface area contributed by atoms with Crippen LogP contribution in [0.25, 0.3) is 40.3 Å². The summed E-state index contributed by atoms with van der Waals surface area (Å²) in [4.78, 5) is 0. The molecule has 2 aromatic heterocycles. The van der Waals surface area contributed by atoms with Gasteiger partial charge in [-0.2, -0.15) is 0 Å². The van der Waals surface area contributed by atoms with Crippen LogP contribution >= 0.6 is 22.7 Å². The quantitative estimate of drug-likeness (QED) is 0.231. The lowest BCUT2D eigenvalue weighted by Crippen LogP contribution is -1.95. The standard InChI is InChI=1S/C28H20O2S2/c1-5-25-21-9-17(1)13-29-14-18-3-7-27-23(11-18)24-12-20(4-8-28(24)32-27)16-30-15-19-2-6-26(31-25)22(21)10-19/h1-12H,13-16H2. The van der Waals surface area contributed by atoms with E-state index in [2.05, 4.69) is 72.8 Å². The van der Waals surface area contributed by atoms with Crippen LogP contribution in [0.3, 0.4) is 0 Å². The summed E-state index contributed by atoms with van der Waals surface area (Å²) in [6, 6.07) is 26.8. The highest BCUT2D eigenvalue weighted by Gasteiger charge is 2.10. The summed E-state index contributed by atoms with van der Waals surface area (Å²) in [5, 5.41) is 5.24. The molecule has 0 spiro atoms. The smallest absolute Gasteiger partial charge is 0.0721 e. The van der Waals surface area contributed by atoms with E-state index in [9.17, 15) is 0 Å². The predicted octanol–water partition coefficient (Wildman–Crippen LogP) is 8.17. The van der Waals surface area contributed by atoms with Gasteiger partial charge in [-0.1, -0.05) is 24.3 Å². The molecule has 0 aliphatic carbocycles. The Hall–Kier alpha value is -2.76. The lowest BCUT2D eigenvalue weighted by Gasteiger charge is -2.08. The van der Waals surface area contributed by atoms with E-state index in [1.54, 1.807) is 0 Å². The van der Waals surface area contributed by atoms with Gasteiger partial charge in [-0.05, 0) is 70.8 Å². The lowest BCUT2D eigenvalue weighted by atomic mass is 10.1. The number of benzene rings is 4. The van der Waals surface area contributed by atoms with E-state index in [4.69, 9.17) is 9.47 Å². The summed E-state index contributed by atoms with van der Waals surface area (Å²) in [7, 11) is 0. The maximum Gasteiger partial charge on any atom is 0.0721 e. The second-order valence-corrected chi connectivity index (χ2v) is 10.7. The highest BCUT2D eigenvalue weighted by atomic mass is 32.1. The summed E-state index contributed by atoms with van der Waals surface area (Å²) in [5.74, 6) is 0. The average Bonchev–Trinajstić information content (AvgIpc) is 3.36. The van der Waals surface area contributed by atoms with Gasteiger partial charge in [0.15, 0.2) is 0 Å². The molecule has 0 saturated heterocycles. The zero-order valence-electron chi connectivity index (χ0n) is 17.4. The molecule has 156 valence electrons. The number of hydrogen-bond acceptors (Lipinski definition) is 4. The fraction of sp³-hybridized carbons (Fsp3) is 0.143. The van der Waals surface area contributed by atoms with Gasteiger partial charge in [0.25, 0.3) is 0 Å². The van der Waals surface area contributed by atoms with Crippen molar-refractivity contribution in [1.29, 1.82) is 0 Å². The van der Waals surface area contributed by atoms with E-state index in [0.29, 0.717) is 26.4 Å². The third kappa shape index (κ3) is 3.14. The van der Waals surface area contributed by atoms with Gasteiger partial charge in [0.2, 0.25) is 0 Å². The van der Waals surface area contributed by atoms with E-state index < -0.39 is 0 Å². The minimum Gasteiger partial charge on any atom is -0.372 e. The molecule has 8 bridgehead atoms. The minimum absolute atomic E-state index is 0.614. The normalized spacial score (nSPS) is 14.8. The van der Waals surface area contributed by atoms with Crippen molar-refractivity contribution in [2.24, 2.45) is 0 Å². The fourth-order valence-electron chi connectivity index (χ4n) is 4.68. The molecule has 3 heterocycles. The van der Waals surface area contributed by atoms with E-state index in [0.717, 1.165) is 0 Å². The second-order valence-electron chi connectivity index (χ2n) is 8.51. The Labute approximate surface area is 193 Å². The van der Waals surface area contributed by atoms with Gasteiger partial charge in [-0.15, -0.1) is 22.7 Å². The Kier molecular flexibility index (Phi) is 4.34. The van der Waals surface area contributed by atoms with Gasteiger partial charge in [0, 0.05) is 40.3 Å². The van der Waals surface area contributed by atoms with Gasteiger partial charge in [-0.3, -0.25) is 0 Å². The Morgan fingerprint density at radius 2 is 0.688 bits per heavy atom. The minimum atomic E-state index is 0.614. The van der Waals surface area contributed by atoms with Crippen molar-refractivity contribution in [2.75, 3.05) is 0 Å². The molecule has 6 aromatic rings. The Bertz CT molecular complexity index is 1400. The van der Waals surface area contributed by atoms with Crippen molar-refractivity contribution >= 4 is 63.0 Å². The first kappa shape index (κ1) is 18.8. The Morgan fingerprint density at radius 3 is 0.969 bits per heavy atom. The largest absolute Gasteiger partial charge is 0.372 e. The molecule has 0 atom stereocenters. The maximum absolute atomic E-state index is 6.15. The number of ether oxygens (including phenoxy) is 2. The van der Waals surface area contributed by atoms with E-state index in [1.165, 1.54) is 62.6 Å². The monoisotopic (exact) mass is 452 g/mol. The molecule has 1 aliphatic heterocycles. The molecular weight excluding hydrogens is 432 g/mol. The SMILES string of the molecule is c1cc2sc3ccc4cc3c2cc1COCc1ccc2sc3ccc(cc3c2c1)COC4. The molecule has 4 heteroatoms. The zero-order chi connectivity index (χ0) is 21.1. The lowest BCUT2D eigenvalue weighted by molar-refractivity contribution is 0.107. The van der Waals surface area contributed by atoms with Crippen LogP contribution in [0, 0.1) is 0 Å². The molecule has 0 N–H and O–H groups in total. The molecule has 2 nitrogen and oxygen atoms in total. The molecule has 4 aromatic carbocycles. The summed E-state index contributed by atoms with van der Waals surface area (Å²) < 4.78 is 17.6. The highest BCUT2D eigenvalue weighted by Crippen LogP contribution is 2.37. The average molecular weight is 453 g/mol. The molecule has 0 radical (unpaired) electrons. The zero-order valence-corrected chi connectivity index (χ0v) is 19.0. The van der Waals surface area contributed by atoms with Crippen LogP contribution in [0.1, 0.15) is 22.3 Å². The van der Waals surface area contributed by atoms with E-state index in [1.807, 2.05) is 22.7 Å². The molecular formula is C28H20O2S2. The van der Waals surface area contributed by atoms with Gasteiger partial charge in [-0.25, -0.2) is 0 Å². The van der Waals surface area contributed by atoms with Crippen molar-refractivity contribution in [1.82, 2.24) is 0 Å². The van der Waals surface area contributed by atoms with E-state index in [-0.39, 0.29) is 0 Å². The number of thiophene rings is 2. The van der Waals surface area contributed by atoms with Crippen LogP contribution < -0.4 is 0 Å². The Balaban J connectivity index is 1.35. The summed E-state index contributed by atoms with van der Waals surface area (Å²) in [5.41, 5.74) is 4.86. The van der Waals surface area contributed by atoms with Gasteiger partial charge in [0.1, 0.15) is 0 Å². The van der Waals surface area contributed by atoms with Crippen molar-refractivity contribution < 1.29 is 9.47 Å². The van der Waals surface area contributed by atoms with Gasteiger partial charge >= 0.3 is 0 Å². The molecule has 32 heavy (non-hydrogen) atoms. The maximum atomic E-state index is 6.15. The summed E-state index contributed by atoms with van der Waals surface area (Å²) in [6.45, 7) is 2.45. The highest BCUT2D eigenvalue weighted by molar-refractivity contribution is 7.26. The molecule has 0 saturated carbocycles. The molecule has 1 aliphatic rings. The Morgan fingerprint density at radius 1 is 0.406 bits per heavy atom. The third-order valence-corrected chi connectivity index (χ3v) is 8.57. The fourth-order valence-corrected chi connectivity index (χ4v) is 6.81. The molecule has 0 unspecified atom stereocenters. The van der Waals surface area contributed by atoms with Crippen LogP contribution in [-0.2, 0) is 35.9 Å². The summed E-state index contributed by atoms with van der Waals surface area (Å²) in [6.07, 6.45) is 0. The first-order valence-corrected chi connectivity index (χ1v) is 12.5. The van der Waals surface area contributed by atoms with Gasteiger partial charge in [0.05, 0.1) is 26.4 Å². The summed E-state index contributed by atoms with van der Waals surface area (Å²) >= 11 is 3.70. The number of rotatable bonds is 0. The third-order valence-electron chi connectivity index (χ3n) is 6.27. The van der Waals surface area contributed by atoms with Crippen molar-refractivity contribution in [3.63, 3.8) is 0 Å². The first-order valence-electron chi connectivity index (χ1n) is 10.8. The van der Waals surface area contributed by atoms with Crippen molar-refractivity contribution in [3.05, 3.63) is 95.1 Å². The van der Waals surface area contributed by atoms with Crippen LogP contribution in [0.15, 0.2) is 72.8 Å². The first-order chi connectivity index (χ1) is 15.8. The van der Waals surface area contributed by atoms with Crippen molar-refractivity contribution in [2.45, 2.75) is 26.4 Å². The van der Waals surface area contributed by atoms with Crippen LogP contribution in [-0.4, -0.2) is 0 Å².